The first-order chi connectivity index (χ1) is 5.11. The van der Waals surface area contributed by atoms with Gasteiger partial charge in [0.1, 0.15) is 6.04 Å². The smallest absolute Gasteiger partial charge is 0.328 e. The summed E-state index contributed by atoms with van der Waals surface area (Å²) in [6.45, 7) is -0.0556. The molecule has 1 aliphatic rings. The van der Waals surface area contributed by atoms with Crippen LogP contribution in [0.2, 0.25) is 0 Å². The Bertz CT molecular complexity index is 225. The summed E-state index contributed by atoms with van der Waals surface area (Å²) in [5, 5.41) is 12.5. The van der Waals surface area contributed by atoms with Gasteiger partial charge in [-0.2, -0.15) is 0 Å². The van der Waals surface area contributed by atoms with Gasteiger partial charge in [-0.15, -0.1) is 0 Å². The lowest BCUT2D eigenvalue weighted by atomic mass is 10.2. The van der Waals surface area contributed by atoms with Gasteiger partial charge < -0.3 is 15.7 Å². The Morgan fingerprint density at radius 3 is 2.55 bits per heavy atom. The molecule has 0 spiro atoms. The molecular weight excluding hydrogens is 152 g/mol. The number of carbonyl (C=O) groups excluding carboxylic acids is 2. The lowest BCUT2D eigenvalue weighted by molar-refractivity contribution is -0.147. The predicted molar refractivity (Wildman–Crippen MR) is 32.6 cm³/mol. The summed E-state index contributed by atoms with van der Waals surface area (Å²) in [5.74, 6) is -2.84. The molecule has 6 nitrogen and oxygen atoms in total. The maximum atomic E-state index is 10.5. The molecule has 3 N–H and O–H groups in total. The van der Waals surface area contributed by atoms with Gasteiger partial charge in [0, 0.05) is 6.54 Å². The SMILES string of the molecule is O=C1NC[C@@H](C(=O)O)NC1=O. The molecule has 0 aromatic heterocycles. The van der Waals surface area contributed by atoms with Crippen LogP contribution in [0.3, 0.4) is 0 Å². The van der Waals surface area contributed by atoms with Crippen LogP contribution in [0.5, 0.6) is 0 Å². The highest BCUT2D eigenvalue weighted by atomic mass is 16.4. The van der Waals surface area contributed by atoms with Crippen LogP contribution in [0.4, 0.5) is 0 Å². The van der Waals surface area contributed by atoms with Crippen molar-refractivity contribution in [1.29, 1.82) is 0 Å². The molecule has 2 amide bonds. The lowest BCUT2D eigenvalue weighted by Gasteiger charge is -2.19. The van der Waals surface area contributed by atoms with E-state index >= 15 is 0 Å². The quantitative estimate of drug-likeness (QED) is 0.373. The average Bonchev–Trinajstić information content (AvgIpc) is 1.94. The molecule has 1 fully saturated rings. The molecule has 11 heavy (non-hydrogen) atoms. The second-order valence-corrected chi connectivity index (χ2v) is 2.07. The van der Waals surface area contributed by atoms with Crippen LogP contribution in [-0.2, 0) is 14.4 Å². The molecule has 1 atom stereocenters. The van der Waals surface area contributed by atoms with E-state index < -0.39 is 23.8 Å². The van der Waals surface area contributed by atoms with Gasteiger partial charge in [0.15, 0.2) is 0 Å². The van der Waals surface area contributed by atoms with Gasteiger partial charge in [-0.05, 0) is 0 Å². The highest BCUT2D eigenvalue weighted by molar-refractivity contribution is 6.36. The van der Waals surface area contributed by atoms with E-state index in [1.54, 1.807) is 0 Å². The highest BCUT2D eigenvalue weighted by Gasteiger charge is 2.29. The largest absolute Gasteiger partial charge is 0.480 e. The predicted octanol–water partition coefficient (Wildman–Crippen LogP) is -2.31. The number of rotatable bonds is 1. The number of carbonyl (C=O) groups is 3. The Morgan fingerprint density at radius 1 is 1.45 bits per heavy atom. The number of hydrogen-bond donors (Lipinski definition) is 3. The maximum absolute atomic E-state index is 10.5. The first-order valence-electron chi connectivity index (χ1n) is 2.93. The van der Waals surface area contributed by atoms with Crippen molar-refractivity contribution in [2.24, 2.45) is 0 Å². The molecular formula is C5H6N2O4. The second kappa shape index (κ2) is 2.57. The number of carboxylic acids is 1. The number of aliphatic carboxylic acids is 1. The minimum atomic E-state index is -1.15. The van der Waals surface area contributed by atoms with Crippen LogP contribution in [-0.4, -0.2) is 35.5 Å². The summed E-state index contributed by atoms with van der Waals surface area (Å²) in [4.78, 5) is 31.2. The van der Waals surface area contributed by atoms with Crippen molar-refractivity contribution in [3.05, 3.63) is 0 Å². The third kappa shape index (κ3) is 1.46. The van der Waals surface area contributed by atoms with Gasteiger partial charge in [-0.1, -0.05) is 0 Å². The van der Waals surface area contributed by atoms with Crippen molar-refractivity contribution in [3.63, 3.8) is 0 Å². The first kappa shape index (κ1) is 7.52. The topological polar surface area (TPSA) is 95.5 Å². The van der Waals surface area contributed by atoms with E-state index in [4.69, 9.17) is 5.11 Å². The monoisotopic (exact) mass is 158 g/mol. The highest BCUT2D eigenvalue weighted by Crippen LogP contribution is 1.88. The third-order valence-electron chi connectivity index (χ3n) is 1.28. The molecule has 0 aliphatic carbocycles. The van der Waals surface area contributed by atoms with E-state index in [2.05, 4.69) is 5.32 Å². The molecule has 1 rings (SSSR count). The van der Waals surface area contributed by atoms with Gasteiger partial charge in [-0.25, -0.2) is 4.79 Å². The standard InChI is InChI=1S/C5H6N2O4/c8-3-4(9)7-2(1-6-3)5(10)11/h2H,1H2,(H,6,8)(H,7,9)(H,10,11)/t2-/m0/s1. The molecule has 0 unspecified atom stereocenters. The van der Waals surface area contributed by atoms with E-state index in [1.807, 2.05) is 5.32 Å². The second-order valence-electron chi connectivity index (χ2n) is 2.07. The van der Waals surface area contributed by atoms with Crippen LogP contribution < -0.4 is 10.6 Å². The Hall–Kier alpha value is -1.59. The molecule has 6 heteroatoms. The fraction of sp³-hybridized carbons (Fsp3) is 0.400. The fourth-order valence-corrected chi connectivity index (χ4v) is 0.699. The van der Waals surface area contributed by atoms with Crippen molar-refractivity contribution < 1.29 is 19.5 Å². The number of hydrogen-bond acceptors (Lipinski definition) is 3. The van der Waals surface area contributed by atoms with Gasteiger partial charge in [0.2, 0.25) is 0 Å². The Labute approximate surface area is 61.6 Å². The number of nitrogens with one attached hydrogen (secondary N) is 2. The van der Waals surface area contributed by atoms with E-state index in [0.717, 1.165) is 0 Å². The molecule has 1 saturated heterocycles. The molecule has 60 valence electrons. The lowest BCUT2D eigenvalue weighted by Crippen LogP contribution is -2.58. The zero-order chi connectivity index (χ0) is 8.43. The molecule has 0 aromatic carbocycles. The van der Waals surface area contributed by atoms with Crippen molar-refractivity contribution in [2.45, 2.75) is 6.04 Å². The molecule has 1 aliphatic heterocycles. The Kier molecular flexibility index (Phi) is 1.75. The van der Waals surface area contributed by atoms with Gasteiger partial charge >= 0.3 is 17.8 Å². The molecule has 0 saturated carbocycles. The van der Waals surface area contributed by atoms with Gasteiger partial charge in [0.25, 0.3) is 0 Å². The number of piperazine rings is 1. The van der Waals surface area contributed by atoms with Gasteiger partial charge in [-0.3, -0.25) is 9.59 Å². The van der Waals surface area contributed by atoms with Crippen molar-refractivity contribution in [1.82, 2.24) is 10.6 Å². The number of carboxylic acid groups (broad SMARTS) is 1. The van der Waals surface area contributed by atoms with E-state index in [0.29, 0.717) is 0 Å². The molecule has 0 radical (unpaired) electrons. The van der Waals surface area contributed by atoms with E-state index in [1.165, 1.54) is 0 Å². The molecule has 0 bridgehead atoms. The Morgan fingerprint density at radius 2 is 2.09 bits per heavy atom. The average molecular weight is 158 g/mol. The minimum absolute atomic E-state index is 0.0556. The maximum Gasteiger partial charge on any atom is 0.328 e. The van der Waals surface area contributed by atoms with Gasteiger partial charge in [0.05, 0.1) is 0 Å². The normalized spacial score (nSPS) is 23.8. The van der Waals surface area contributed by atoms with Crippen LogP contribution in [0.1, 0.15) is 0 Å². The number of amides is 2. The minimum Gasteiger partial charge on any atom is -0.480 e. The summed E-state index contributed by atoms with van der Waals surface area (Å²) in [6.07, 6.45) is 0. The third-order valence-corrected chi connectivity index (χ3v) is 1.28. The summed E-state index contributed by atoms with van der Waals surface area (Å²) in [6, 6.07) is -1.000. The van der Waals surface area contributed by atoms with Crippen LogP contribution >= 0.6 is 0 Å². The fourth-order valence-electron chi connectivity index (χ4n) is 0.699. The Balaban J connectivity index is 2.60. The summed E-state index contributed by atoms with van der Waals surface area (Å²) in [5.41, 5.74) is 0. The molecule has 1 heterocycles. The summed E-state index contributed by atoms with van der Waals surface area (Å²) < 4.78 is 0. The van der Waals surface area contributed by atoms with Crippen molar-refractivity contribution in [2.75, 3.05) is 6.54 Å². The zero-order valence-electron chi connectivity index (χ0n) is 5.46. The van der Waals surface area contributed by atoms with Crippen molar-refractivity contribution >= 4 is 17.8 Å². The van der Waals surface area contributed by atoms with E-state index in [-0.39, 0.29) is 6.54 Å². The summed E-state index contributed by atoms with van der Waals surface area (Å²) in [7, 11) is 0. The van der Waals surface area contributed by atoms with Crippen LogP contribution in [0.25, 0.3) is 0 Å². The van der Waals surface area contributed by atoms with Crippen LogP contribution in [0.15, 0.2) is 0 Å². The zero-order valence-corrected chi connectivity index (χ0v) is 5.46. The van der Waals surface area contributed by atoms with Crippen molar-refractivity contribution in [3.8, 4) is 0 Å². The van der Waals surface area contributed by atoms with Crippen LogP contribution in [0, 0.1) is 0 Å². The summed E-state index contributed by atoms with van der Waals surface area (Å²) >= 11 is 0. The van der Waals surface area contributed by atoms with E-state index in [9.17, 15) is 14.4 Å². The molecule has 0 aromatic rings. The first-order valence-corrected chi connectivity index (χ1v) is 2.93.